The number of carbonyl (C=O) groups is 6. The second-order valence-corrected chi connectivity index (χ2v) is 7.04. The summed E-state index contributed by atoms with van der Waals surface area (Å²) in [4.78, 5) is 69.5. The molecular weight excluding hydrogens is 424 g/mol. The fraction of sp³-hybridized carbons (Fsp3) is 0.625. The van der Waals surface area contributed by atoms with Gasteiger partial charge in [-0.3, -0.25) is 24.0 Å². The highest BCUT2D eigenvalue weighted by Crippen LogP contribution is 2.02. The first kappa shape index (κ1) is 27.1. The Hall–Kier alpha value is -2.87. The Bertz CT molecular complexity index is 686. The van der Waals surface area contributed by atoms with Crippen molar-refractivity contribution in [2.75, 3.05) is 5.75 Å². The van der Waals surface area contributed by atoms with Gasteiger partial charge in [0.05, 0.1) is 18.9 Å². The van der Waals surface area contributed by atoms with Gasteiger partial charge in [0.15, 0.2) is 0 Å². The Balaban J connectivity index is 5.29. The minimum absolute atomic E-state index is 0.295. The number of carboxylic acids is 3. The number of nitrogens with two attached hydrogens (primary N) is 1. The summed E-state index contributed by atoms with van der Waals surface area (Å²) in [5.41, 5.74) is 5.67. The largest absolute Gasteiger partial charge is 0.481 e. The highest BCUT2D eigenvalue weighted by molar-refractivity contribution is 7.80. The van der Waals surface area contributed by atoms with Crippen molar-refractivity contribution in [2.24, 2.45) is 11.7 Å². The molecule has 0 radical (unpaired) electrons. The average molecular weight is 450 g/mol. The van der Waals surface area contributed by atoms with Crippen molar-refractivity contribution in [3.8, 4) is 0 Å². The van der Waals surface area contributed by atoms with Crippen LogP contribution in [-0.2, 0) is 28.8 Å². The van der Waals surface area contributed by atoms with E-state index in [2.05, 4.69) is 23.3 Å². The molecule has 0 aromatic heterocycles. The second-order valence-electron chi connectivity index (χ2n) is 6.67. The zero-order valence-electron chi connectivity index (χ0n) is 16.3. The van der Waals surface area contributed by atoms with Gasteiger partial charge in [0.2, 0.25) is 17.7 Å². The van der Waals surface area contributed by atoms with Gasteiger partial charge in [-0.15, -0.1) is 0 Å². The van der Waals surface area contributed by atoms with Crippen LogP contribution in [0.3, 0.4) is 0 Å². The van der Waals surface area contributed by atoms with Gasteiger partial charge >= 0.3 is 17.9 Å². The first-order valence-electron chi connectivity index (χ1n) is 8.74. The number of carbonyl (C=O) groups excluding carboxylic acids is 3. The first-order chi connectivity index (χ1) is 13.8. The molecule has 14 heteroatoms. The lowest BCUT2D eigenvalue weighted by molar-refractivity contribution is -0.147. The molecule has 0 fully saturated rings. The van der Waals surface area contributed by atoms with E-state index in [-0.39, 0.29) is 11.7 Å². The van der Waals surface area contributed by atoms with E-state index in [0.717, 1.165) is 0 Å². The average Bonchev–Trinajstić information content (AvgIpc) is 2.62. The molecule has 0 aromatic rings. The summed E-state index contributed by atoms with van der Waals surface area (Å²) in [6.07, 6.45) is -1.71. The van der Waals surface area contributed by atoms with Crippen molar-refractivity contribution < 1.29 is 44.1 Å². The fourth-order valence-electron chi connectivity index (χ4n) is 2.07. The zero-order chi connectivity index (χ0) is 23.6. The molecular formula is C16H26N4O9S. The number of nitrogens with one attached hydrogen (secondary N) is 3. The van der Waals surface area contributed by atoms with Gasteiger partial charge in [0.1, 0.15) is 18.1 Å². The van der Waals surface area contributed by atoms with E-state index in [4.69, 9.17) is 21.1 Å². The molecule has 0 aliphatic carbocycles. The lowest BCUT2D eigenvalue weighted by Crippen LogP contribution is -2.58. The van der Waals surface area contributed by atoms with Crippen LogP contribution in [0.1, 0.15) is 26.7 Å². The number of hydrogen-bond acceptors (Lipinski definition) is 8. The molecule has 8 N–H and O–H groups in total. The van der Waals surface area contributed by atoms with Crippen LogP contribution in [0.15, 0.2) is 0 Å². The van der Waals surface area contributed by atoms with E-state index >= 15 is 0 Å². The molecule has 0 spiro atoms. The van der Waals surface area contributed by atoms with E-state index in [1.54, 1.807) is 13.8 Å². The first-order valence-corrected chi connectivity index (χ1v) is 9.37. The molecule has 13 nitrogen and oxygen atoms in total. The minimum atomic E-state index is -1.76. The third-order valence-electron chi connectivity index (χ3n) is 3.84. The highest BCUT2D eigenvalue weighted by Gasteiger charge is 2.31. The monoisotopic (exact) mass is 450 g/mol. The molecule has 0 aromatic carbocycles. The number of amides is 3. The molecule has 0 aliphatic heterocycles. The maximum atomic E-state index is 12.4. The van der Waals surface area contributed by atoms with Crippen LogP contribution >= 0.6 is 12.6 Å². The molecule has 4 atom stereocenters. The molecule has 0 saturated heterocycles. The standard InChI is InChI=1S/C16H26N4O9S/c1-6(2)12(17)15(27)18-7(3-10(21)22)13(25)20-9(5-30)14(26)19-8(16(28)29)4-11(23)24/h6-9,12,30H,3-5,17H2,1-2H3,(H,18,27)(H,19,26)(H,20,25)(H,21,22)(H,23,24)(H,28,29). The molecule has 0 rings (SSSR count). The molecule has 30 heavy (non-hydrogen) atoms. The van der Waals surface area contributed by atoms with Crippen LogP contribution in [0, 0.1) is 5.92 Å². The summed E-state index contributed by atoms with van der Waals surface area (Å²) in [5.74, 6) is -7.97. The molecule has 0 bridgehead atoms. The van der Waals surface area contributed by atoms with E-state index < -0.39 is 72.6 Å². The molecule has 0 heterocycles. The van der Waals surface area contributed by atoms with Gasteiger partial charge < -0.3 is 37.0 Å². The SMILES string of the molecule is CC(C)C(N)C(=O)NC(CC(=O)O)C(=O)NC(CS)C(=O)NC(CC(=O)O)C(=O)O. The van der Waals surface area contributed by atoms with Gasteiger partial charge in [0, 0.05) is 5.75 Å². The number of rotatable bonds is 13. The van der Waals surface area contributed by atoms with Crippen molar-refractivity contribution in [3.63, 3.8) is 0 Å². The van der Waals surface area contributed by atoms with Crippen molar-refractivity contribution in [3.05, 3.63) is 0 Å². The Morgan fingerprint density at radius 3 is 1.57 bits per heavy atom. The second kappa shape index (κ2) is 12.6. The maximum absolute atomic E-state index is 12.4. The van der Waals surface area contributed by atoms with Gasteiger partial charge in [0.25, 0.3) is 0 Å². The molecule has 0 aliphatic rings. The lowest BCUT2D eigenvalue weighted by Gasteiger charge is -2.24. The molecule has 170 valence electrons. The van der Waals surface area contributed by atoms with Gasteiger partial charge in [-0.05, 0) is 5.92 Å². The van der Waals surface area contributed by atoms with Crippen LogP contribution in [0.25, 0.3) is 0 Å². The molecule has 4 unspecified atom stereocenters. The molecule has 0 saturated carbocycles. The van der Waals surface area contributed by atoms with Crippen molar-refractivity contribution in [1.29, 1.82) is 0 Å². The predicted octanol–water partition coefficient (Wildman–Crippen LogP) is -2.61. The Morgan fingerprint density at radius 2 is 1.17 bits per heavy atom. The Morgan fingerprint density at radius 1 is 0.767 bits per heavy atom. The van der Waals surface area contributed by atoms with Gasteiger partial charge in [-0.2, -0.15) is 12.6 Å². The summed E-state index contributed by atoms with van der Waals surface area (Å²) in [5, 5.41) is 33.0. The fourth-order valence-corrected chi connectivity index (χ4v) is 2.33. The Labute approximate surface area is 177 Å². The van der Waals surface area contributed by atoms with Gasteiger partial charge in [-0.25, -0.2) is 4.79 Å². The number of thiol groups is 1. The van der Waals surface area contributed by atoms with Gasteiger partial charge in [-0.1, -0.05) is 13.8 Å². The predicted molar refractivity (Wildman–Crippen MR) is 105 cm³/mol. The van der Waals surface area contributed by atoms with E-state index in [9.17, 15) is 28.8 Å². The van der Waals surface area contributed by atoms with Crippen molar-refractivity contribution >= 4 is 48.3 Å². The van der Waals surface area contributed by atoms with E-state index in [1.165, 1.54) is 0 Å². The van der Waals surface area contributed by atoms with Crippen LogP contribution in [0.5, 0.6) is 0 Å². The summed E-state index contributed by atoms with van der Waals surface area (Å²) >= 11 is 3.88. The maximum Gasteiger partial charge on any atom is 0.326 e. The number of carboxylic acid groups (broad SMARTS) is 3. The van der Waals surface area contributed by atoms with Crippen LogP contribution < -0.4 is 21.7 Å². The van der Waals surface area contributed by atoms with Crippen molar-refractivity contribution in [1.82, 2.24) is 16.0 Å². The Kier molecular flexibility index (Phi) is 11.4. The molecule has 3 amide bonds. The summed E-state index contributed by atoms with van der Waals surface area (Å²) < 4.78 is 0. The van der Waals surface area contributed by atoms with Crippen LogP contribution in [-0.4, -0.2) is 80.9 Å². The van der Waals surface area contributed by atoms with E-state index in [1.807, 2.05) is 5.32 Å². The highest BCUT2D eigenvalue weighted by atomic mass is 32.1. The number of aliphatic carboxylic acids is 3. The quantitative estimate of drug-likeness (QED) is 0.136. The summed E-state index contributed by atoms with van der Waals surface area (Å²) in [6.45, 7) is 3.29. The van der Waals surface area contributed by atoms with E-state index in [0.29, 0.717) is 0 Å². The third-order valence-corrected chi connectivity index (χ3v) is 4.21. The number of hydrogen-bond donors (Lipinski definition) is 8. The smallest absolute Gasteiger partial charge is 0.326 e. The third kappa shape index (κ3) is 9.56. The summed E-state index contributed by atoms with van der Waals surface area (Å²) in [7, 11) is 0. The van der Waals surface area contributed by atoms with Crippen molar-refractivity contribution in [2.45, 2.75) is 50.9 Å². The minimum Gasteiger partial charge on any atom is -0.481 e. The normalized spacial score (nSPS) is 14.7. The van der Waals surface area contributed by atoms with Crippen LogP contribution in [0.4, 0.5) is 0 Å². The summed E-state index contributed by atoms with van der Waals surface area (Å²) in [6, 6.07) is -5.76. The zero-order valence-corrected chi connectivity index (χ0v) is 17.2. The van der Waals surface area contributed by atoms with Crippen LogP contribution in [0.2, 0.25) is 0 Å². The topological polar surface area (TPSA) is 225 Å². The lowest BCUT2D eigenvalue weighted by atomic mass is 10.0.